The van der Waals surface area contributed by atoms with Crippen LogP contribution in [0.25, 0.3) is 0 Å². The van der Waals surface area contributed by atoms with E-state index in [1.807, 2.05) is 30.4 Å². The molecule has 2 N–H and O–H groups in total. The largest absolute Gasteiger partial charge is 0.393 e. The van der Waals surface area contributed by atoms with Crippen LogP contribution in [-0.4, -0.2) is 34.9 Å². The first-order valence-corrected chi connectivity index (χ1v) is 10.7. The quantitative estimate of drug-likeness (QED) is 0.123. The minimum Gasteiger partial charge on any atom is -0.393 e. The number of hydrogen-bond donors (Lipinski definition) is 2. The molecule has 0 aliphatic heterocycles. The summed E-state index contributed by atoms with van der Waals surface area (Å²) in [6.07, 6.45) is 30.2. The molecule has 0 rings (SSSR count). The number of carbonyl (C=O) groups excluding carboxylic acids is 2. The van der Waals surface area contributed by atoms with Crippen molar-refractivity contribution in [1.82, 2.24) is 0 Å². The van der Waals surface area contributed by atoms with E-state index in [0.717, 1.165) is 12.5 Å². The molecule has 1 atom stereocenters. The van der Waals surface area contributed by atoms with Gasteiger partial charge >= 0.3 is 11.9 Å². The lowest BCUT2D eigenvalue weighted by atomic mass is 10.1. The Kier molecular flexibility index (Phi) is 19.4. The summed E-state index contributed by atoms with van der Waals surface area (Å²) < 4.78 is 4.29. The summed E-state index contributed by atoms with van der Waals surface area (Å²) in [7, 11) is 0. The zero-order valence-electron chi connectivity index (χ0n) is 18.0. The standard InChI is InChI=1S/C25H36O5/c1-2-3-4-5-6-7-8-9-10-11-12-13-14-15-16-17-18-19-20-21-24(28)30-25(29)23(27)22-26/h10-21,23,26-27H,2-9,22H2,1H3. The van der Waals surface area contributed by atoms with Crippen molar-refractivity contribution in [2.24, 2.45) is 0 Å². The van der Waals surface area contributed by atoms with Crippen molar-refractivity contribution in [2.45, 2.75) is 64.4 Å². The molecule has 30 heavy (non-hydrogen) atoms. The number of hydrogen-bond acceptors (Lipinski definition) is 5. The summed E-state index contributed by atoms with van der Waals surface area (Å²) in [6.45, 7) is 1.45. The minimum absolute atomic E-state index is 0.793. The lowest BCUT2D eigenvalue weighted by Crippen LogP contribution is -2.28. The number of unbranched alkanes of at least 4 members (excludes halogenated alkanes) is 7. The lowest BCUT2D eigenvalue weighted by molar-refractivity contribution is -0.164. The number of esters is 2. The number of aliphatic hydroxyl groups excluding tert-OH is 2. The fourth-order valence-corrected chi connectivity index (χ4v) is 2.32. The fraction of sp³-hybridized carbons (Fsp3) is 0.440. The summed E-state index contributed by atoms with van der Waals surface area (Å²) in [6, 6.07) is 0. The Morgan fingerprint density at radius 2 is 1.27 bits per heavy atom. The summed E-state index contributed by atoms with van der Waals surface area (Å²) >= 11 is 0. The summed E-state index contributed by atoms with van der Waals surface area (Å²) in [5.74, 6) is -2.09. The molecule has 1 unspecified atom stereocenters. The van der Waals surface area contributed by atoms with Crippen molar-refractivity contribution in [2.75, 3.05) is 6.61 Å². The van der Waals surface area contributed by atoms with Crippen molar-refractivity contribution >= 4 is 11.9 Å². The molecule has 0 bridgehead atoms. The van der Waals surface area contributed by atoms with Crippen molar-refractivity contribution in [3.63, 3.8) is 0 Å². The van der Waals surface area contributed by atoms with Crippen molar-refractivity contribution in [1.29, 1.82) is 0 Å². The molecule has 5 nitrogen and oxygen atoms in total. The summed E-state index contributed by atoms with van der Waals surface area (Å²) in [4.78, 5) is 22.3. The van der Waals surface area contributed by atoms with Gasteiger partial charge in [0.25, 0.3) is 0 Å². The van der Waals surface area contributed by atoms with Gasteiger partial charge in [0.05, 0.1) is 6.61 Å². The topological polar surface area (TPSA) is 83.8 Å². The van der Waals surface area contributed by atoms with E-state index in [1.54, 1.807) is 18.2 Å². The van der Waals surface area contributed by atoms with Gasteiger partial charge in [0, 0.05) is 6.08 Å². The molecule has 0 aliphatic carbocycles. The molecule has 0 amide bonds. The molecule has 166 valence electrons. The highest BCUT2D eigenvalue weighted by Crippen LogP contribution is 2.08. The Morgan fingerprint density at radius 3 is 1.83 bits per heavy atom. The van der Waals surface area contributed by atoms with Gasteiger partial charge in [-0.2, -0.15) is 0 Å². The van der Waals surface area contributed by atoms with Crippen LogP contribution < -0.4 is 0 Å². The van der Waals surface area contributed by atoms with Crippen LogP contribution in [0.1, 0.15) is 58.3 Å². The molecule has 0 radical (unpaired) electrons. The molecule has 0 aromatic heterocycles. The average molecular weight is 417 g/mol. The Morgan fingerprint density at radius 1 is 0.767 bits per heavy atom. The zero-order valence-corrected chi connectivity index (χ0v) is 18.0. The predicted octanol–water partition coefficient (Wildman–Crippen LogP) is 4.89. The number of carbonyl (C=O) groups is 2. The van der Waals surface area contributed by atoms with Crippen LogP contribution >= 0.6 is 0 Å². The Hall–Kier alpha value is -2.50. The van der Waals surface area contributed by atoms with E-state index in [2.05, 4.69) is 23.8 Å². The number of ether oxygens (including phenoxy) is 1. The zero-order chi connectivity index (χ0) is 22.3. The van der Waals surface area contributed by atoms with Crippen molar-refractivity contribution < 1.29 is 24.5 Å². The average Bonchev–Trinajstić information content (AvgIpc) is 2.74. The van der Waals surface area contributed by atoms with Crippen LogP contribution in [0.3, 0.4) is 0 Å². The molecule has 0 fully saturated rings. The van der Waals surface area contributed by atoms with Gasteiger partial charge in [0.2, 0.25) is 0 Å². The molecule has 0 aromatic carbocycles. The Balaban J connectivity index is 3.82. The van der Waals surface area contributed by atoms with E-state index in [1.165, 1.54) is 51.0 Å². The molecule has 0 saturated heterocycles. The third kappa shape index (κ3) is 18.8. The molecule has 0 saturated carbocycles. The van der Waals surface area contributed by atoms with Gasteiger partial charge in [-0.15, -0.1) is 0 Å². The van der Waals surface area contributed by atoms with Crippen LogP contribution in [0.4, 0.5) is 0 Å². The number of allylic oxidation sites excluding steroid dienone is 11. The molecule has 0 aromatic rings. The van der Waals surface area contributed by atoms with Crippen LogP contribution in [0.5, 0.6) is 0 Å². The van der Waals surface area contributed by atoms with Gasteiger partial charge in [-0.05, 0) is 12.8 Å². The molecule has 0 spiro atoms. The smallest absolute Gasteiger partial charge is 0.345 e. The second-order valence-electron chi connectivity index (χ2n) is 6.68. The predicted molar refractivity (Wildman–Crippen MR) is 122 cm³/mol. The Labute approximate surface area is 180 Å². The van der Waals surface area contributed by atoms with E-state index in [4.69, 9.17) is 10.2 Å². The third-order valence-corrected chi connectivity index (χ3v) is 3.99. The van der Waals surface area contributed by atoms with Gasteiger partial charge in [-0.3, -0.25) is 0 Å². The maximum Gasteiger partial charge on any atom is 0.345 e. The van der Waals surface area contributed by atoms with E-state index < -0.39 is 24.6 Å². The summed E-state index contributed by atoms with van der Waals surface area (Å²) in [5.41, 5.74) is 0. The molecule has 5 heteroatoms. The van der Waals surface area contributed by atoms with Gasteiger partial charge < -0.3 is 14.9 Å². The SMILES string of the molecule is CCCCCCCCCC=CC=CC=CC=CC=CC=CC(=O)OC(=O)C(O)CO. The highest BCUT2D eigenvalue weighted by molar-refractivity contribution is 5.93. The molecule has 0 aliphatic rings. The van der Waals surface area contributed by atoms with E-state index in [-0.39, 0.29) is 0 Å². The number of rotatable bonds is 16. The molecule has 0 heterocycles. The highest BCUT2D eigenvalue weighted by Gasteiger charge is 2.17. The van der Waals surface area contributed by atoms with Gasteiger partial charge in [0.15, 0.2) is 6.10 Å². The normalized spacial score (nSPS) is 13.7. The van der Waals surface area contributed by atoms with Crippen LogP contribution in [-0.2, 0) is 14.3 Å². The number of aliphatic hydroxyl groups is 2. The maximum atomic E-state index is 11.3. The van der Waals surface area contributed by atoms with E-state index in [0.29, 0.717) is 0 Å². The van der Waals surface area contributed by atoms with E-state index in [9.17, 15) is 9.59 Å². The van der Waals surface area contributed by atoms with Crippen LogP contribution in [0, 0.1) is 0 Å². The van der Waals surface area contributed by atoms with Crippen LogP contribution in [0.2, 0.25) is 0 Å². The van der Waals surface area contributed by atoms with Crippen molar-refractivity contribution in [3.05, 3.63) is 72.9 Å². The second-order valence-corrected chi connectivity index (χ2v) is 6.68. The van der Waals surface area contributed by atoms with Gasteiger partial charge in [0.1, 0.15) is 0 Å². The highest BCUT2D eigenvalue weighted by atomic mass is 16.6. The first kappa shape index (κ1) is 27.5. The fourth-order valence-electron chi connectivity index (χ4n) is 2.32. The van der Waals surface area contributed by atoms with Crippen LogP contribution in [0.15, 0.2) is 72.9 Å². The minimum atomic E-state index is -1.71. The summed E-state index contributed by atoms with van der Waals surface area (Å²) in [5, 5.41) is 17.5. The first-order valence-electron chi connectivity index (χ1n) is 10.7. The maximum absolute atomic E-state index is 11.3. The molecular weight excluding hydrogens is 380 g/mol. The first-order chi connectivity index (χ1) is 14.6. The molecular formula is C25H36O5. The monoisotopic (exact) mass is 416 g/mol. The van der Waals surface area contributed by atoms with Gasteiger partial charge in [-0.25, -0.2) is 9.59 Å². The van der Waals surface area contributed by atoms with E-state index >= 15 is 0 Å². The third-order valence-electron chi connectivity index (χ3n) is 3.99. The van der Waals surface area contributed by atoms with Crippen molar-refractivity contribution in [3.8, 4) is 0 Å². The van der Waals surface area contributed by atoms with Gasteiger partial charge in [-0.1, -0.05) is 112 Å². The lowest BCUT2D eigenvalue weighted by Gasteiger charge is -2.03. The Bertz CT molecular complexity index is 623. The second kappa shape index (κ2) is 21.2.